The molecule has 2 fully saturated rings. The molecule has 1 aromatic rings. The number of ketones is 2. The van der Waals surface area contributed by atoms with Crippen LogP contribution in [0.4, 0.5) is 5.69 Å². The second kappa shape index (κ2) is 11.1. The van der Waals surface area contributed by atoms with Crippen LogP contribution < -0.4 is 5.32 Å². The number of fused-ring (bicyclic) bond motifs is 4. The maximum absolute atomic E-state index is 12.7. The zero-order valence-corrected chi connectivity index (χ0v) is 22.0. The second-order valence-electron chi connectivity index (χ2n) is 11.9. The van der Waals surface area contributed by atoms with E-state index in [2.05, 4.69) is 43.4 Å². The van der Waals surface area contributed by atoms with Crippen molar-refractivity contribution in [1.29, 1.82) is 0 Å². The van der Waals surface area contributed by atoms with Crippen LogP contribution in [-0.2, 0) is 9.59 Å². The summed E-state index contributed by atoms with van der Waals surface area (Å²) in [5, 5.41) is 3.60. The molecule has 0 saturated heterocycles. The van der Waals surface area contributed by atoms with Crippen molar-refractivity contribution in [2.45, 2.75) is 105 Å². The third kappa shape index (κ3) is 4.87. The Kier molecular flexibility index (Phi) is 8.27. The molecule has 0 radical (unpaired) electrons. The number of rotatable bonds is 8. The van der Waals surface area contributed by atoms with Crippen molar-refractivity contribution >= 4 is 17.3 Å². The normalized spacial score (nSPS) is 31.1. The predicted molar refractivity (Wildman–Crippen MR) is 150 cm³/mol. The van der Waals surface area contributed by atoms with Gasteiger partial charge in [-0.05, 0) is 104 Å². The van der Waals surface area contributed by atoms with Gasteiger partial charge in [0.2, 0.25) is 0 Å². The molecule has 36 heavy (non-hydrogen) atoms. The van der Waals surface area contributed by atoms with Gasteiger partial charge in [0.05, 0.1) is 0 Å². The summed E-state index contributed by atoms with van der Waals surface area (Å²) in [6.45, 7) is 7.52. The largest absolute Gasteiger partial charge is 0.385 e. The van der Waals surface area contributed by atoms with Crippen molar-refractivity contribution in [2.75, 3.05) is 11.9 Å². The summed E-state index contributed by atoms with van der Waals surface area (Å²) in [6, 6.07) is 9.17. The smallest absolute Gasteiger partial charge is 0.156 e. The molecule has 0 spiro atoms. The zero-order valence-electron chi connectivity index (χ0n) is 22.0. The van der Waals surface area contributed by atoms with Crippen LogP contribution in [0, 0.1) is 23.2 Å². The topological polar surface area (TPSA) is 46.2 Å². The summed E-state index contributed by atoms with van der Waals surface area (Å²) < 4.78 is 0. The molecule has 196 valence electrons. The summed E-state index contributed by atoms with van der Waals surface area (Å²) in [7, 11) is 0. The number of carbonyl (C=O) groups is 2. The van der Waals surface area contributed by atoms with Gasteiger partial charge in [0.1, 0.15) is 5.78 Å². The lowest BCUT2D eigenvalue weighted by Gasteiger charge is -2.52. The molecular weight excluding hydrogens is 442 g/mol. The lowest BCUT2D eigenvalue weighted by molar-refractivity contribution is -0.125. The lowest BCUT2D eigenvalue weighted by atomic mass is 9.51. The number of benzene rings is 1. The molecule has 0 bridgehead atoms. The SMILES string of the molecule is C.CCCCCCNc1ccc(C2CC3(C)C(C(C)=O)CCC3C3CCC4=CC(=O)CCC4=C23)cc1. The van der Waals surface area contributed by atoms with E-state index in [4.69, 9.17) is 0 Å². The number of hydrogen-bond acceptors (Lipinski definition) is 3. The molecule has 5 rings (SSSR count). The Labute approximate surface area is 219 Å². The third-order valence-corrected chi connectivity index (χ3v) is 9.89. The minimum absolute atomic E-state index is 0. The van der Waals surface area contributed by atoms with E-state index >= 15 is 0 Å². The van der Waals surface area contributed by atoms with E-state index in [1.54, 1.807) is 5.57 Å². The quantitative estimate of drug-likeness (QED) is 0.373. The molecule has 5 unspecified atom stereocenters. The van der Waals surface area contributed by atoms with Gasteiger partial charge >= 0.3 is 0 Å². The average molecular weight is 490 g/mol. The van der Waals surface area contributed by atoms with Crippen LogP contribution >= 0.6 is 0 Å². The number of hydrogen-bond donors (Lipinski definition) is 1. The maximum Gasteiger partial charge on any atom is 0.156 e. The predicted octanol–water partition coefficient (Wildman–Crippen LogP) is 8.42. The summed E-state index contributed by atoms with van der Waals surface area (Å²) in [6.07, 6.45) is 14.0. The van der Waals surface area contributed by atoms with Crippen LogP contribution in [0.2, 0.25) is 0 Å². The minimum Gasteiger partial charge on any atom is -0.385 e. The molecule has 3 heteroatoms. The number of nitrogens with one attached hydrogen (secondary N) is 1. The number of allylic oxidation sites excluding steroid dienone is 4. The molecular formula is C33H47NO2. The van der Waals surface area contributed by atoms with E-state index in [-0.39, 0.29) is 18.8 Å². The van der Waals surface area contributed by atoms with E-state index in [0.29, 0.717) is 35.7 Å². The van der Waals surface area contributed by atoms with Crippen molar-refractivity contribution in [3.8, 4) is 0 Å². The molecule has 0 heterocycles. The molecule has 2 saturated carbocycles. The van der Waals surface area contributed by atoms with Gasteiger partial charge in [0.15, 0.2) is 5.78 Å². The van der Waals surface area contributed by atoms with Crippen molar-refractivity contribution in [3.05, 3.63) is 52.6 Å². The molecule has 1 N–H and O–H groups in total. The Hall–Kier alpha value is -2.16. The fraction of sp³-hybridized carbons (Fsp3) is 0.636. The Bertz CT molecular complexity index is 1030. The number of carbonyl (C=O) groups excluding carboxylic acids is 2. The van der Waals surface area contributed by atoms with E-state index in [1.807, 2.05) is 13.0 Å². The van der Waals surface area contributed by atoms with Gasteiger partial charge in [-0.1, -0.05) is 58.2 Å². The Morgan fingerprint density at radius 1 is 1.03 bits per heavy atom. The van der Waals surface area contributed by atoms with E-state index < -0.39 is 0 Å². The van der Waals surface area contributed by atoms with Crippen molar-refractivity contribution in [2.24, 2.45) is 23.2 Å². The molecule has 0 aromatic heterocycles. The van der Waals surface area contributed by atoms with E-state index in [1.165, 1.54) is 54.5 Å². The van der Waals surface area contributed by atoms with Crippen molar-refractivity contribution in [3.63, 3.8) is 0 Å². The lowest BCUT2D eigenvalue weighted by Crippen LogP contribution is -2.44. The highest BCUT2D eigenvalue weighted by Crippen LogP contribution is 2.65. The summed E-state index contributed by atoms with van der Waals surface area (Å²) in [5.74, 6) is 2.37. The Morgan fingerprint density at radius 3 is 2.53 bits per heavy atom. The fourth-order valence-electron chi connectivity index (χ4n) is 8.24. The van der Waals surface area contributed by atoms with Crippen LogP contribution in [-0.4, -0.2) is 18.1 Å². The third-order valence-electron chi connectivity index (χ3n) is 9.89. The van der Waals surface area contributed by atoms with Crippen molar-refractivity contribution < 1.29 is 9.59 Å². The number of anilines is 1. The highest BCUT2D eigenvalue weighted by atomic mass is 16.1. The van der Waals surface area contributed by atoms with Crippen LogP contribution in [0.25, 0.3) is 0 Å². The van der Waals surface area contributed by atoms with Gasteiger partial charge in [-0.15, -0.1) is 0 Å². The Balaban J connectivity index is 0.00000304. The molecule has 4 aliphatic carbocycles. The van der Waals surface area contributed by atoms with Gasteiger partial charge in [-0.3, -0.25) is 9.59 Å². The maximum atomic E-state index is 12.7. The first-order chi connectivity index (χ1) is 16.9. The first kappa shape index (κ1) is 26.9. The second-order valence-corrected chi connectivity index (χ2v) is 11.9. The fourth-order valence-corrected chi connectivity index (χ4v) is 8.24. The van der Waals surface area contributed by atoms with Crippen LogP contribution in [0.5, 0.6) is 0 Å². The highest BCUT2D eigenvalue weighted by molar-refractivity contribution is 5.93. The van der Waals surface area contributed by atoms with E-state index in [9.17, 15) is 9.59 Å². The first-order valence-electron chi connectivity index (χ1n) is 14.2. The van der Waals surface area contributed by atoms with Gasteiger partial charge in [0.25, 0.3) is 0 Å². The van der Waals surface area contributed by atoms with Crippen molar-refractivity contribution in [1.82, 2.24) is 0 Å². The minimum atomic E-state index is 0. The van der Waals surface area contributed by atoms with Gasteiger partial charge in [-0.25, -0.2) is 0 Å². The van der Waals surface area contributed by atoms with Crippen LogP contribution in [0.15, 0.2) is 47.1 Å². The van der Waals surface area contributed by atoms with Gasteiger partial charge < -0.3 is 5.32 Å². The first-order valence-corrected chi connectivity index (χ1v) is 14.2. The highest BCUT2D eigenvalue weighted by Gasteiger charge is 2.57. The Morgan fingerprint density at radius 2 is 1.81 bits per heavy atom. The molecule has 3 nitrogen and oxygen atoms in total. The average Bonchev–Trinajstić information content (AvgIpc) is 3.20. The standard InChI is InChI=1S/C32H43NO2.CH4/c1-4-5-6-7-18-33-24-11-8-22(9-12-24)28-20-32(3)29(21(2)34)16-17-30(32)27-14-10-23-19-25(35)13-15-26(23)31(27)28;/h8-9,11-12,19,27-30,33H,4-7,10,13-18,20H2,1-3H3;1H4. The number of Topliss-reactive ketones (excluding diaryl/α,β-unsaturated/α-hetero) is 1. The van der Waals surface area contributed by atoms with Crippen LogP contribution in [0.3, 0.4) is 0 Å². The summed E-state index contributed by atoms with van der Waals surface area (Å²) >= 11 is 0. The van der Waals surface area contributed by atoms with Crippen LogP contribution in [0.1, 0.15) is 110 Å². The molecule has 5 atom stereocenters. The van der Waals surface area contributed by atoms with E-state index in [0.717, 1.165) is 38.6 Å². The molecule has 0 amide bonds. The molecule has 0 aliphatic heterocycles. The molecule has 1 aromatic carbocycles. The summed E-state index contributed by atoms with van der Waals surface area (Å²) in [4.78, 5) is 24.9. The zero-order chi connectivity index (χ0) is 24.6. The number of unbranched alkanes of at least 4 members (excludes halogenated alkanes) is 3. The monoisotopic (exact) mass is 489 g/mol. The molecule has 4 aliphatic rings. The van der Waals surface area contributed by atoms with Gasteiger partial charge in [0, 0.05) is 30.5 Å². The summed E-state index contributed by atoms with van der Waals surface area (Å²) in [5.41, 5.74) is 7.11. The van der Waals surface area contributed by atoms with Gasteiger partial charge in [-0.2, -0.15) is 0 Å².